The first-order valence-corrected chi connectivity index (χ1v) is 22.4. The van der Waals surface area contributed by atoms with E-state index in [1.54, 1.807) is 0 Å². The molecule has 0 spiro atoms. The quantitative estimate of drug-likeness (QED) is 0.162. The SMILES string of the molecule is CC1(C)c2ccccc2-c2c(-c3ccccc3N(c3ccc(-c4cccc5c4C(C)(C)c4ccccc4-5)cc3)c3ccc4c(c3)-c3ccccc3C4(C)c3ccccc3)cccc21. The Balaban J connectivity index is 1.06. The van der Waals surface area contributed by atoms with Crippen LogP contribution in [-0.4, -0.2) is 0 Å². The third-order valence-corrected chi connectivity index (χ3v) is 15.0. The van der Waals surface area contributed by atoms with Gasteiger partial charge in [-0.2, -0.15) is 0 Å². The lowest BCUT2D eigenvalue weighted by Gasteiger charge is -2.31. The fourth-order valence-electron chi connectivity index (χ4n) is 11.9. The lowest BCUT2D eigenvalue weighted by Crippen LogP contribution is -2.22. The molecule has 1 atom stereocenters. The summed E-state index contributed by atoms with van der Waals surface area (Å²) in [6, 6.07) is 77.3. The second kappa shape index (κ2) is 13.6. The van der Waals surface area contributed by atoms with Crippen molar-refractivity contribution in [2.75, 3.05) is 4.90 Å². The predicted octanol–water partition coefficient (Wildman–Crippen LogP) is 16.4. The van der Waals surface area contributed by atoms with Crippen LogP contribution in [0.5, 0.6) is 0 Å². The summed E-state index contributed by atoms with van der Waals surface area (Å²) >= 11 is 0. The largest absolute Gasteiger partial charge is 0.310 e. The maximum Gasteiger partial charge on any atom is 0.0540 e. The molecule has 0 radical (unpaired) electrons. The summed E-state index contributed by atoms with van der Waals surface area (Å²) in [6.45, 7) is 11.9. The molecule has 0 aromatic heterocycles. The van der Waals surface area contributed by atoms with E-state index in [1.165, 1.54) is 94.6 Å². The van der Waals surface area contributed by atoms with E-state index in [1.807, 2.05) is 0 Å². The van der Waals surface area contributed by atoms with Gasteiger partial charge in [0.05, 0.1) is 5.69 Å². The molecule has 3 aliphatic rings. The summed E-state index contributed by atoms with van der Waals surface area (Å²) in [7, 11) is 0. The van der Waals surface area contributed by atoms with Crippen LogP contribution in [0.25, 0.3) is 55.6 Å². The van der Waals surface area contributed by atoms with Crippen molar-refractivity contribution in [1.82, 2.24) is 0 Å². The standard InChI is InChI=1S/C62H49N/c1-60(2)53-29-14-11-24-50(53)58-48(26-18-31-56(58)60)47-23-12-16-32-57(47)63(43-37-38-55-51(39-43)46-22-10-15-30-54(46)62(55,5)41-19-7-6-8-20-41)42-35-33-40(34-36-42)44-25-17-27-49-45-21-9-13-28-52(45)61(3,4)59(44)49/h6-39H,1-5H3. The summed E-state index contributed by atoms with van der Waals surface area (Å²) in [4.78, 5) is 2.50. The number of para-hydroxylation sites is 1. The van der Waals surface area contributed by atoms with E-state index >= 15 is 0 Å². The zero-order valence-electron chi connectivity index (χ0n) is 36.6. The third-order valence-electron chi connectivity index (χ3n) is 15.0. The number of rotatable bonds is 6. The van der Waals surface area contributed by atoms with Gasteiger partial charge in [-0.3, -0.25) is 0 Å². The molecule has 0 saturated heterocycles. The van der Waals surface area contributed by atoms with Crippen molar-refractivity contribution in [3.05, 3.63) is 245 Å². The maximum atomic E-state index is 2.50. The molecule has 1 heteroatoms. The Morgan fingerprint density at radius 3 is 1.57 bits per heavy atom. The van der Waals surface area contributed by atoms with E-state index in [0.717, 1.165) is 17.1 Å². The van der Waals surface area contributed by atoms with Gasteiger partial charge in [0.15, 0.2) is 0 Å². The van der Waals surface area contributed by atoms with Crippen molar-refractivity contribution in [3.63, 3.8) is 0 Å². The summed E-state index contributed by atoms with van der Waals surface area (Å²) in [5, 5.41) is 0. The third kappa shape index (κ3) is 5.29. The van der Waals surface area contributed by atoms with Gasteiger partial charge in [-0.25, -0.2) is 0 Å². The zero-order chi connectivity index (χ0) is 42.7. The number of benzene rings is 9. The number of hydrogen-bond acceptors (Lipinski definition) is 1. The molecule has 9 aromatic carbocycles. The Labute approximate surface area is 372 Å². The molecule has 0 saturated carbocycles. The minimum atomic E-state index is -0.274. The van der Waals surface area contributed by atoms with Gasteiger partial charge in [0.2, 0.25) is 0 Å². The fourth-order valence-corrected chi connectivity index (χ4v) is 11.9. The van der Waals surface area contributed by atoms with Crippen LogP contribution in [0, 0.1) is 0 Å². The Morgan fingerprint density at radius 1 is 0.317 bits per heavy atom. The van der Waals surface area contributed by atoms with E-state index < -0.39 is 0 Å². The van der Waals surface area contributed by atoms with Crippen molar-refractivity contribution >= 4 is 17.1 Å². The van der Waals surface area contributed by atoms with E-state index in [4.69, 9.17) is 0 Å². The van der Waals surface area contributed by atoms with Gasteiger partial charge in [-0.15, -0.1) is 0 Å². The fraction of sp³-hybridized carbons (Fsp3) is 0.129. The predicted molar refractivity (Wildman–Crippen MR) is 265 cm³/mol. The molecule has 3 aliphatic carbocycles. The summed E-state index contributed by atoms with van der Waals surface area (Å²) in [5.41, 5.74) is 25.4. The summed E-state index contributed by atoms with van der Waals surface area (Å²) in [6.07, 6.45) is 0. The Kier molecular flexibility index (Phi) is 8.13. The smallest absolute Gasteiger partial charge is 0.0540 e. The minimum Gasteiger partial charge on any atom is -0.310 e. The van der Waals surface area contributed by atoms with Gasteiger partial charge in [0.25, 0.3) is 0 Å². The van der Waals surface area contributed by atoms with E-state index in [-0.39, 0.29) is 16.2 Å². The molecule has 63 heavy (non-hydrogen) atoms. The molecule has 0 aliphatic heterocycles. The average Bonchev–Trinajstić information content (AvgIpc) is 3.84. The number of fused-ring (bicyclic) bond motifs is 9. The topological polar surface area (TPSA) is 3.24 Å². The highest BCUT2D eigenvalue weighted by molar-refractivity contribution is 5.99. The number of anilines is 3. The van der Waals surface area contributed by atoms with Gasteiger partial charge >= 0.3 is 0 Å². The van der Waals surface area contributed by atoms with Crippen molar-refractivity contribution in [2.45, 2.75) is 50.9 Å². The number of nitrogens with zero attached hydrogens (tertiary/aromatic N) is 1. The van der Waals surface area contributed by atoms with Gasteiger partial charge in [-0.05, 0) is 126 Å². The molecule has 12 rings (SSSR count). The van der Waals surface area contributed by atoms with Crippen molar-refractivity contribution in [2.24, 2.45) is 0 Å². The normalized spacial score (nSPS) is 16.7. The first-order chi connectivity index (χ1) is 30.7. The van der Waals surface area contributed by atoms with E-state index in [0.29, 0.717) is 0 Å². The van der Waals surface area contributed by atoms with Gasteiger partial charge in [0.1, 0.15) is 0 Å². The van der Waals surface area contributed by atoms with Crippen LogP contribution in [0.3, 0.4) is 0 Å². The Morgan fingerprint density at radius 2 is 0.825 bits per heavy atom. The first-order valence-electron chi connectivity index (χ1n) is 22.4. The summed E-state index contributed by atoms with van der Waals surface area (Å²) in [5.74, 6) is 0. The van der Waals surface area contributed by atoms with Crippen LogP contribution in [0.1, 0.15) is 73.6 Å². The Bertz CT molecular complexity index is 3290. The van der Waals surface area contributed by atoms with Gasteiger partial charge < -0.3 is 4.90 Å². The first kappa shape index (κ1) is 37.5. The Hall–Kier alpha value is -7.22. The lowest BCUT2D eigenvalue weighted by molar-refractivity contribution is 0.660. The second-order valence-electron chi connectivity index (χ2n) is 19.0. The molecule has 0 fully saturated rings. The van der Waals surface area contributed by atoms with Crippen molar-refractivity contribution < 1.29 is 0 Å². The maximum absolute atomic E-state index is 2.50. The zero-order valence-corrected chi connectivity index (χ0v) is 36.6. The highest BCUT2D eigenvalue weighted by atomic mass is 15.1. The molecule has 0 bridgehead atoms. The average molecular weight is 808 g/mol. The monoisotopic (exact) mass is 807 g/mol. The molecule has 1 unspecified atom stereocenters. The minimum absolute atomic E-state index is 0.0985. The van der Waals surface area contributed by atoms with Crippen molar-refractivity contribution in [1.29, 1.82) is 0 Å². The van der Waals surface area contributed by atoms with Gasteiger partial charge in [-0.1, -0.05) is 204 Å². The van der Waals surface area contributed by atoms with E-state index in [2.05, 4.69) is 246 Å². The summed E-state index contributed by atoms with van der Waals surface area (Å²) < 4.78 is 0. The van der Waals surface area contributed by atoms with Crippen LogP contribution >= 0.6 is 0 Å². The van der Waals surface area contributed by atoms with Crippen LogP contribution in [0.4, 0.5) is 17.1 Å². The van der Waals surface area contributed by atoms with Crippen LogP contribution < -0.4 is 4.90 Å². The second-order valence-corrected chi connectivity index (χ2v) is 19.0. The molecule has 1 nitrogen and oxygen atoms in total. The molecule has 0 amide bonds. The van der Waals surface area contributed by atoms with Crippen LogP contribution in [0.15, 0.2) is 206 Å². The van der Waals surface area contributed by atoms with E-state index in [9.17, 15) is 0 Å². The van der Waals surface area contributed by atoms with Crippen LogP contribution in [-0.2, 0) is 16.2 Å². The van der Waals surface area contributed by atoms with Gasteiger partial charge in [0, 0.05) is 33.2 Å². The highest BCUT2D eigenvalue weighted by Gasteiger charge is 2.42. The molecule has 0 heterocycles. The molecular weight excluding hydrogens is 759 g/mol. The van der Waals surface area contributed by atoms with Crippen LogP contribution in [0.2, 0.25) is 0 Å². The molecular formula is C62H49N. The number of hydrogen-bond donors (Lipinski definition) is 0. The van der Waals surface area contributed by atoms with Crippen molar-refractivity contribution in [3.8, 4) is 55.6 Å². The highest BCUT2D eigenvalue weighted by Crippen LogP contribution is 2.57. The molecule has 0 N–H and O–H groups in total. The lowest BCUT2D eigenvalue weighted by atomic mass is 9.74. The molecule has 302 valence electrons. The molecule has 9 aromatic rings.